The Morgan fingerprint density at radius 1 is 1.22 bits per heavy atom. The van der Waals surface area contributed by atoms with Crippen LogP contribution in [0.25, 0.3) is 0 Å². The summed E-state index contributed by atoms with van der Waals surface area (Å²) in [5.74, 6) is -0.436. The summed E-state index contributed by atoms with van der Waals surface area (Å²) in [5, 5.41) is 4.22. The molecule has 0 amide bonds. The second-order valence-corrected chi connectivity index (χ2v) is 5.49. The molecule has 1 saturated heterocycles. The molecule has 1 aliphatic rings. The minimum atomic E-state index is -0.436. The van der Waals surface area contributed by atoms with Gasteiger partial charge in [-0.3, -0.25) is 0 Å². The quantitative estimate of drug-likeness (QED) is 0.912. The van der Waals surface area contributed by atoms with E-state index in [-0.39, 0.29) is 6.04 Å². The Kier molecular flexibility index (Phi) is 4.62. The van der Waals surface area contributed by atoms with Crippen molar-refractivity contribution in [2.75, 3.05) is 19.8 Å². The highest BCUT2D eigenvalue weighted by molar-refractivity contribution is 6.30. The van der Waals surface area contributed by atoms with Crippen LogP contribution >= 0.6 is 11.6 Å². The Labute approximate surface area is 113 Å². The van der Waals surface area contributed by atoms with Crippen molar-refractivity contribution in [1.29, 1.82) is 0 Å². The number of benzene rings is 1. The topological polar surface area (TPSA) is 30.5 Å². The van der Waals surface area contributed by atoms with Gasteiger partial charge < -0.3 is 14.8 Å². The third kappa shape index (κ3) is 4.25. The first-order chi connectivity index (χ1) is 8.55. The SMILES string of the molecule is CC1(C)OCC(NCCc2ccc(Cl)cc2)CO1. The molecule has 1 aromatic rings. The first kappa shape index (κ1) is 13.8. The third-order valence-corrected chi connectivity index (χ3v) is 3.28. The van der Waals surface area contributed by atoms with Crippen molar-refractivity contribution in [2.24, 2.45) is 0 Å². The van der Waals surface area contributed by atoms with Crippen LogP contribution in [0.3, 0.4) is 0 Å². The predicted octanol–water partition coefficient (Wildman–Crippen LogP) is 2.62. The van der Waals surface area contributed by atoms with Crippen molar-refractivity contribution < 1.29 is 9.47 Å². The molecule has 0 atom stereocenters. The highest BCUT2D eigenvalue weighted by Gasteiger charge is 2.27. The normalized spacial score (nSPS) is 19.9. The molecule has 18 heavy (non-hydrogen) atoms. The number of ether oxygens (including phenoxy) is 2. The number of nitrogens with one attached hydrogen (secondary N) is 1. The van der Waals surface area contributed by atoms with Crippen molar-refractivity contribution >= 4 is 11.6 Å². The first-order valence-corrected chi connectivity index (χ1v) is 6.69. The standard InChI is InChI=1S/C14H20ClNO2/c1-14(2)17-9-13(10-18-14)16-8-7-11-3-5-12(15)6-4-11/h3-6,13,16H,7-10H2,1-2H3. The van der Waals surface area contributed by atoms with Crippen LogP contribution in [0.2, 0.25) is 5.02 Å². The lowest BCUT2D eigenvalue weighted by Crippen LogP contribution is -2.48. The van der Waals surface area contributed by atoms with Crippen LogP contribution in [0.5, 0.6) is 0 Å². The summed E-state index contributed by atoms with van der Waals surface area (Å²) >= 11 is 5.85. The van der Waals surface area contributed by atoms with E-state index in [0.717, 1.165) is 18.0 Å². The second kappa shape index (κ2) is 6.02. The number of hydrogen-bond acceptors (Lipinski definition) is 3. The van der Waals surface area contributed by atoms with Crippen molar-refractivity contribution in [3.05, 3.63) is 34.9 Å². The summed E-state index contributed by atoms with van der Waals surface area (Å²) in [7, 11) is 0. The Bertz CT molecular complexity index is 368. The van der Waals surface area contributed by atoms with Gasteiger partial charge in [-0.15, -0.1) is 0 Å². The zero-order valence-corrected chi connectivity index (χ0v) is 11.7. The average molecular weight is 270 g/mol. The van der Waals surface area contributed by atoms with Crippen molar-refractivity contribution in [1.82, 2.24) is 5.32 Å². The van der Waals surface area contributed by atoms with Crippen LogP contribution in [0.4, 0.5) is 0 Å². The van der Waals surface area contributed by atoms with Gasteiger partial charge in [0.15, 0.2) is 5.79 Å². The highest BCUT2D eigenvalue weighted by Crippen LogP contribution is 2.17. The van der Waals surface area contributed by atoms with Crippen LogP contribution in [0.1, 0.15) is 19.4 Å². The minimum absolute atomic E-state index is 0.283. The van der Waals surface area contributed by atoms with E-state index in [2.05, 4.69) is 17.4 Å². The summed E-state index contributed by atoms with van der Waals surface area (Å²) in [5.41, 5.74) is 1.28. The lowest BCUT2D eigenvalue weighted by molar-refractivity contribution is -0.252. The lowest BCUT2D eigenvalue weighted by Gasteiger charge is -2.35. The van der Waals surface area contributed by atoms with E-state index < -0.39 is 5.79 Å². The molecule has 1 heterocycles. The summed E-state index contributed by atoms with van der Waals surface area (Å²) in [6.07, 6.45) is 0.983. The largest absolute Gasteiger partial charge is 0.349 e. The van der Waals surface area contributed by atoms with Crippen molar-refractivity contribution in [3.63, 3.8) is 0 Å². The molecule has 2 rings (SSSR count). The average Bonchev–Trinajstić information content (AvgIpc) is 2.34. The van der Waals surface area contributed by atoms with Gasteiger partial charge in [-0.25, -0.2) is 0 Å². The highest BCUT2D eigenvalue weighted by atomic mass is 35.5. The van der Waals surface area contributed by atoms with E-state index in [4.69, 9.17) is 21.1 Å². The van der Waals surface area contributed by atoms with E-state index in [1.807, 2.05) is 26.0 Å². The van der Waals surface area contributed by atoms with Gasteiger partial charge in [0.2, 0.25) is 0 Å². The van der Waals surface area contributed by atoms with Gasteiger partial charge in [0.1, 0.15) is 0 Å². The smallest absolute Gasteiger partial charge is 0.162 e. The lowest BCUT2D eigenvalue weighted by atomic mass is 10.1. The zero-order valence-electron chi connectivity index (χ0n) is 10.9. The zero-order chi connectivity index (χ0) is 13.0. The van der Waals surface area contributed by atoms with E-state index >= 15 is 0 Å². The second-order valence-electron chi connectivity index (χ2n) is 5.05. The van der Waals surface area contributed by atoms with Gasteiger partial charge in [-0.2, -0.15) is 0 Å². The van der Waals surface area contributed by atoms with E-state index in [1.165, 1.54) is 5.56 Å². The number of rotatable bonds is 4. The Balaban J connectivity index is 1.68. The van der Waals surface area contributed by atoms with Crippen LogP contribution in [0, 0.1) is 0 Å². The molecule has 100 valence electrons. The van der Waals surface area contributed by atoms with E-state index in [0.29, 0.717) is 13.2 Å². The molecule has 0 spiro atoms. The van der Waals surface area contributed by atoms with Gasteiger partial charge in [0.25, 0.3) is 0 Å². The Morgan fingerprint density at radius 2 is 1.83 bits per heavy atom. The predicted molar refractivity (Wildman–Crippen MR) is 72.9 cm³/mol. The van der Waals surface area contributed by atoms with Gasteiger partial charge >= 0.3 is 0 Å². The maximum absolute atomic E-state index is 5.85. The molecule has 1 aromatic carbocycles. The fraction of sp³-hybridized carbons (Fsp3) is 0.571. The Morgan fingerprint density at radius 3 is 2.44 bits per heavy atom. The van der Waals surface area contributed by atoms with Gasteiger partial charge in [0, 0.05) is 5.02 Å². The van der Waals surface area contributed by atoms with Gasteiger partial charge in [-0.05, 0) is 44.5 Å². The van der Waals surface area contributed by atoms with E-state index in [9.17, 15) is 0 Å². The third-order valence-electron chi connectivity index (χ3n) is 3.02. The van der Waals surface area contributed by atoms with Gasteiger partial charge in [-0.1, -0.05) is 23.7 Å². The summed E-state index contributed by atoms with van der Waals surface area (Å²) < 4.78 is 11.2. The molecular formula is C14H20ClNO2. The minimum Gasteiger partial charge on any atom is -0.349 e. The van der Waals surface area contributed by atoms with Crippen LogP contribution in [-0.2, 0) is 15.9 Å². The fourth-order valence-corrected chi connectivity index (χ4v) is 2.01. The molecule has 0 unspecified atom stereocenters. The molecule has 1 aliphatic heterocycles. The fourth-order valence-electron chi connectivity index (χ4n) is 1.88. The number of hydrogen-bond donors (Lipinski definition) is 1. The monoisotopic (exact) mass is 269 g/mol. The maximum atomic E-state index is 5.85. The number of halogens is 1. The molecule has 4 heteroatoms. The maximum Gasteiger partial charge on any atom is 0.162 e. The molecular weight excluding hydrogens is 250 g/mol. The molecule has 3 nitrogen and oxygen atoms in total. The van der Waals surface area contributed by atoms with Crippen molar-refractivity contribution in [3.8, 4) is 0 Å². The van der Waals surface area contributed by atoms with Crippen molar-refractivity contribution in [2.45, 2.75) is 32.1 Å². The van der Waals surface area contributed by atoms with Crippen LogP contribution in [0.15, 0.2) is 24.3 Å². The summed E-state index contributed by atoms with van der Waals surface area (Å²) in [6, 6.07) is 8.24. The molecule has 0 aliphatic carbocycles. The summed E-state index contributed by atoms with van der Waals surface area (Å²) in [4.78, 5) is 0. The molecule has 1 fully saturated rings. The Hall–Kier alpha value is -0.610. The van der Waals surface area contributed by atoms with Gasteiger partial charge in [0.05, 0.1) is 19.3 Å². The van der Waals surface area contributed by atoms with Crippen LogP contribution in [-0.4, -0.2) is 31.6 Å². The molecule has 0 saturated carbocycles. The van der Waals surface area contributed by atoms with Crippen LogP contribution < -0.4 is 5.32 Å². The molecule has 0 bridgehead atoms. The molecule has 1 N–H and O–H groups in total. The molecule has 0 aromatic heterocycles. The van der Waals surface area contributed by atoms with E-state index in [1.54, 1.807) is 0 Å². The summed E-state index contributed by atoms with van der Waals surface area (Å²) in [6.45, 7) is 6.20. The molecule has 0 radical (unpaired) electrons. The first-order valence-electron chi connectivity index (χ1n) is 6.31.